The zero-order valence-electron chi connectivity index (χ0n) is 12.7. The number of carbonyl (C=O) groups is 1. The van der Waals surface area contributed by atoms with Crippen LogP contribution in [0.15, 0.2) is 33.7 Å². The quantitative estimate of drug-likeness (QED) is 0.814. The molecule has 1 aliphatic rings. The topological polar surface area (TPSA) is 71.6 Å². The Kier molecular flexibility index (Phi) is 3.70. The summed E-state index contributed by atoms with van der Waals surface area (Å²) in [6.07, 6.45) is 1.76. The van der Waals surface area contributed by atoms with Crippen LogP contribution in [0.5, 0.6) is 0 Å². The average Bonchev–Trinajstić information content (AvgIpc) is 2.80. The molecule has 2 aromatic heterocycles. The maximum atomic E-state index is 12.5. The molecule has 3 heterocycles. The van der Waals surface area contributed by atoms with Gasteiger partial charge in [0, 0.05) is 39.4 Å². The molecule has 3 rings (SSSR count). The fraction of sp³-hybridized carbons (Fsp3) is 0.400. The first-order valence-electron chi connectivity index (χ1n) is 7.20. The fourth-order valence-electron chi connectivity index (χ4n) is 2.62. The number of nitrogens with zero attached hydrogens (tertiary/aromatic N) is 4. The van der Waals surface area contributed by atoms with Crippen molar-refractivity contribution in [3.63, 3.8) is 0 Å². The highest BCUT2D eigenvalue weighted by molar-refractivity contribution is 5.95. The van der Waals surface area contributed by atoms with Crippen molar-refractivity contribution in [2.24, 2.45) is 7.05 Å². The Morgan fingerprint density at radius 1 is 1.23 bits per heavy atom. The largest absolute Gasteiger partial charge is 0.370 e. The van der Waals surface area contributed by atoms with Crippen molar-refractivity contribution in [3.05, 3.63) is 46.1 Å². The average molecular weight is 302 g/mol. The van der Waals surface area contributed by atoms with Crippen molar-refractivity contribution >= 4 is 11.7 Å². The lowest BCUT2D eigenvalue weighted by molar-refractivity contribution is 0.0743. The maximum absolute atomic E-state index is 12.5. The number of aryl methyl sites for hydroxylation is 1. The predicted molar refractivity (Wildman–Crippen MR) is 81.0 cm³/mol. The highest BCUT2D eigenvalue weighted by atomic mass is 16.5. The number of hydrogen-bond donors (Lipinski definition) is 0. The number of anilines is 1. The first-order chi connectivity index (χ1) is 10.6. The lowest BCUT2D eigenvalue weighted by Crippen LogP contribution is -2.49. The van der Waals surface area contributed by atoms with Gasteiger partial charge in [0.2, 0.25) is 0 Å². The number of pyridine rings is 1. The molecule has 1 aliphatic heterocycles. The Morgan fingerprint density at radius 3 is 2.50 bits per heavy atom. The summed E-state index contributed by atoms with van der Waals surface area (Å²) in [7, 11) is 1.62. The Bertz CT molecular complexity index is 727. The van der Waals surface area contributed by atoms with Gasteiger partial charge in [-0.25, -0.2) is 14.5 Å². The highest BCUT2D eigenvalue weighted by Crippen LogP contribution is 2.14. The predicted octanol–water partition coefficient (Wildman–Crippen LogP) is 0.644. The summed E-state index contributed by atoms with van der Waals surface area (Å²) in [5.41, 5.74) is 0.119. The van der Waals surface area contributed by atoms with Crippen LogP contribution in [0.4, 0.5) is 5.82 Å². The van der Waals surface area contributed by atoms with Crippen molar-refractivity contribution in [2.45, 2.75) is 6.92 Å². The third-order valence-electron chi connectivity index (χ3n) is 4.01. The number of hydrogen-bond acceptors (Lipinski definition) is 5. The van der Waals surface area contributed by atoms with Gasteiger partial charge in [0.1, 0.15) is 11.4 Å². The molecule has 116 valence electrons. The van der Waals surface area contributed by atoms with E-state index in [1.54, 1.807) is 25.1 Å². The van der Waals surface area contributed by atoms with E-state index >= 15 is 0 Å². The van der Waals surface area contributed by atoms with Gasteiger partial charge in [0.05, 0.1) is 5.69 Å². The molecule has 2 aromatic rings. The van der Waals surface area contributed by atoms with E-state index in [0.29, 0.717) is 31.9 Å². The third kappa shape index (κ3) is 2.49. The molecule has 0 aromatic carbocycles. The Hall–Kier alpha value is -2.57. The summed E-state index contributed by atoms with van der Waals surface area (Å²) in [5.74, 6) is 0.650. The first kappa shape index (κ1) is 14.4. The smallest absolute Gasteiger partial charge is 0.353 e. The standard InChI is InChI=1S/C15H18N4O3/c1-11-13(15(21)22-17(11)2)14(20)19-9-7-18(8-10-19)12-5-3-4-6-16-12/h3-6H,7-10H2,1-2H3. The van der Waals surface area contributed by atoms with Gasteiger partial charge in [-0.2, -0.15) is 0 Å². The van der Waals surface area contributed by atoms with E-state index in [1.165, 1.54) is 4.74 Å². The molecule has 0 unspecified atom stereocenters. The molecule has 0 N–H and O–H groups in total. The molecule has 0 bridgehead atoms. The molecule has 7 heteroatoms. The van der Waals surface area contributed by atoms with Crippen LogP contribution in [0.2, 0.25) is 0 Å². The molecule has 0 spiro atoms. The Balaban J connectivity index is 1.71. The van der Waals surface area contributed by atoms with E-state index in [1.807, 2.05) is 18.2 Å². The van der Waals surface area contributed by atoms with Crippen LogP contribution in [-0.4, -0.2) is 46.7 Å². The molecule has 1 fully saturated rings. The molecule has 0 radical (unpaired) electrons. The second-order valence-electron chi connectivity index (χ2n) is 5.30. The van der Waals surface area contributed by atoms with Crippen LogP contribution < -0.4 is 10.5 Å². The van der Waals surface area contributed by atoms with Gasteiger partial charge >= 0.3 is 5.63 Å². The summed E-state index contributed by atoms with van der Waals surface area (Å²) in [4.78, 5) is 32.4. The van der Waals surface area contributed by atoms with Crippen molar-refractivity contribution < 1.29 is 9.32 Å². The van der Waals surface area contributed by atoms with Gasteiger partial charge in [-0.3, -0.25) is 4.79 Å². The number of amides is 1. The molecule has 22 heavy (non-hydrogen) atoms. The lowest BCUT2D eigenvalue weighted by Gasteiger charge is -2.35. The van der Waals surface area contributed by atoms with E-state index in [2.05, 4.69) is 9.88 Å². The molecule has 0 atom stereocenters. The van der Waals surface area contributed by atoms with Gasteiger partial charge < -0.3 is 14.3 Å². The lowest BCUT2D eigenvalue weighted by atomic mass is 10.2. The number of carbonyl (C=O) groups excluding carboxylic acids is 1. The molecular formula is C15H18N4O3. The van der Waals surface area contributed by atoms with Gasteiger partial charge in [0.15, 0.2) is 0 Å². The monoisotopic (exact) mass is 302 g/mol. The molecule has 1 saturated heterocycles. The van der Waals surface area contributed by atoms with E-state index in [9.17, 15) is 9.59 Å². The van der Waals surface area contributed by atoms with E-state index in [0.717, 1.165) is 5.82 Å². The summed E-state index contributed by atoms with van der Waals surface area (Å²) in [5, 5.41) is 0. The zero-order chi connectivity index (χ0) is 15.7. The third-order valence-corrected chi connectivity index (χ3v) is 4.01. The van der Waals surface area contributed by atoms with Crippen molar-refractivity contribution in [1.29, 1.82) is 0 Å². The number of piperazine rings is 1. The van der Waals surface area contributed by atoms with Crippen molar-refractivity contribution in [2.75, 3.05) is 31.1 Å². The zero-order valence-corrected chi connectivity index (χ0v) is 12.7. The minimum atomic E-state index is -0.572. The second kappa shape index (κ2) is 5.67. The fourth-order valence-corrected chi connectivity index (χ4v) is 2.62. The molecule has 0 aliphatic carbocycles. The Morgan fingerprint density at radius 2 is 1.95 bits per heavy atom. The van der Waals surface area contributed by atoms with E-state index in [-0.39, 0.29) is 11.5 Å². The van der Waals surface area contributed by atoms with Gasteiger partial charge in [-0.1, -0.05) is 6.07 Å². The van der Waals surface area contributed by atoms with Crippen LogP contribution in [0.25, 0.3) is 0 Å². The summed E-state index contributed by atoms with van der Waals surface area (Å²) in [6, 6.07) is 5.77. The minimum absolute atomic E-state index is 0.133. The summed E-state index contributed by atoms with van der Waals surface area (Å²) in [6.45, 7) is 4.22. The number of rotatable bonds is 2. The van der Waals surface area contributed by atoms with Crippen LogP contribution in [0.1, 0.15) is 16.1 Å². The van der Waals surface area contributed by atoms with E-state index < -0.39 is 5.63 Å². The summed E-state index contributed by atoms with van der Waals surface area (Å²) >= 11 is 0. The van der Waals surface area contributed by atoms with Crippen LogP contribution >= 0.6 is 0 Å². The van der Waals surface area contributed by atoms with Crippen molar-refractivity contribution in [1.82, 2.24) is 14.6 Å². The van der Waals surface area contributed by atoms with Gasteiger partial charge in [-0.05, 0) is 19.1 Å². The van der Waals surface area contributed by atoms with Crippen LogP contribution in [0.3, 0.4) is 0 Å². The van der Waals surface area contributed by atoms with Crippen LogP contribution in [0, 0.1) is 6.92 Å². The molecular weight excluding hydrogens is 284 g/mol. The molecule has 0 saturated carbocycles. The SMILES string of the molecule is Cc1c(C(=O)N2CCN(c3ccccn3)CC2)c(=O)on1C. The van der Waals surface area contributed by atoms with E-state index in [4.69, 9.17) is 4.52 Å². The van der Waals surface area contributed by atoms with Gasteiger partial charge in [0.25, 0.3) is 5.91 Å². The molecule has 7 nitrogen and oxygen atoms in total. The number of aromatic nitrogens is 2. The van der Waals surface area contributed by atoms with Crippen LogP contribution in [-0.2, 0) is 7.05 Å². The highest BCUT2D eigenvalue weighted by Gasteiger charge is 2.28. The first-order valence-corrected chi connectivity index (χ1v) is 7.20. The second-order valence-corrected chi connectivity index (χ2v) is 5.30. The minimum Gasteiger partial charge on any atom is -0.353 e. The maximum Gasteiger partial charge on any atom is 0.370 e. The molecule has 1 amide bonds. The summed E-state index contributed by atoms with van der Waals surface area (Å²) < 4.78 is 6.27. The van der Waals surface area contributed by atoms with Crippen molar-refractivity contribution in [3.8, 4) is 0 Å². The van der Waals surface area contributed by atoms with Gasteiger partial charge in [-0.15, -0.1) is 0 Å². The Labute approximate surface area is 127 Å². The normalized spacial score (nSPS) is 15.2.